The van der Waals surface area contributed by atoms with Crippen LogP contribution < -0.4 is 14.8 Å². The first-order chi connectivity index (χ1) is 9.13. The molecule has 0 unspecified atom stereocenters. The standard InChI is InChI=1S/C12H13N3O4/c1-7-14-15-12(19-7)11(16)13-9-5-4-8(17-2)6-10(9)18-3/h4-6H,1-3H3,(H,13,16). The van der Waals surface area contributed by atoms with Gasteiger partial charge in [0.05, 0.1) is 19.9 Å². The molecule has 1 heterocycles. The molecule has 0 aliphatic heterocycles. The number of hydrogen-bond acceptors (Lipinski definition) is 6. The molecule has 2 rings (SSSR count). The summed E-state index contributed by atoms with van der Waals surface area (Å²) in [7, 11) is 3.05. The van der Waals surface area contributed by atoms with Crippen LogP contribution in [0.25, 0.3) is 0 Å². The maximum Gasteiger partial charge on any atom is 0.313 e. The topological polar surface area (TPSA) is 86.5 Å². The van der Waals surface area contributed by atoms with Gasteiger partial charge >= 0.3 is 11.8 Å². The summed E-state index contributed by atoms with van der Waals surface area (Å²) in [5.74, 6) is 0.832. The lowest BCUT2D eigenvalue weighted by atomic mass is 10.2. The van der Waals surface area contributed by atoms with Crippen molar-refractivity contribution in [1.82, 2.24) is 10.2 Å². The third-order valence-electron chi connectivity index (χ3n) is 2.38. The van der Waals surface area contributed by atoms with Crippen molar-refractivity contribution in [2.24, 2.45) is 0 Å². The Hall–Kier alpha value is -2.57. The van der Waals surface area contributed by atoms with Gasteiger partial charge in [0.1, 0.15) is 11.5 Å². The Balaban J connectivity index is 2.21. The molecule has 7 heteroatoms. The van der Waals surface area contributed by atoms with E-state index in [0.717, 1.165) is 0 Å². The number of aromatic nitrogens is 2. The van der Waals surface area contributed by atoms with Crippen LogP contribution in [0.4, 0.5) is 5.69 Å². The number of aryl methyl sites for hydroxylation is 1. The van der Waals surface area contributed by atoms with Crippen molar-refractivity contribution >= 4 is 11.6 Å². The highest BCUT2D eigenvalue weighted by Crippen LogP contribution is 2.29. The number of nitrogens with zero attached hydrogens (tertiary/aromatic N) is 2. The molecule has 7 nitrogen and oxygen atoms in total. The SMILES string of the molecule is COc1ccc(NC(=O)c2nnc(C)o2)c(OC)c1. The second kappa shape index (κ2) is 5.38. The normalized spacial score (nSPS) is 10.1. The summed E-state index contributed by atoms with van der Waals surface area (Å²) in [5.41, 5.74) is 0.490. The molecule has 0 atom stereocenters. The summed E-state index contributed by atoms with van der Waals surface area (Å²) in [6, 6.07) is 5.03. The molecule has 1 aromatic carbocycles. The lowest BCUT2D eigenvalue weighted by molar-refractivity contribution is 0.0988. The molecule has 1 aromatic heterocycles. The molecule has 0 saturated carbocycles. The van der Waals surface area contributed by atoms with Gasteiger partial charge in [-0.3, -0.25) is 4.79 Å². The summed E-state index contributed by atoms with van der Waals surface area (Å²) in [5, 5.41) is 9.85. The second-order valence-corrected chi connectivity index (χ2v) is 3.65. The van der Waals surface area contributed by atoms with Crippen molar-refractivity contribution in [3.05, 3.63) is 30.0 Å². The minimum absolute atomic E-state index is 0.102. The molecule has 0 bridgehead atoms. The first-order valence-electron chi connectivity index (χ1n) is 5.47. The average Bonchev–Trinajstić information content (AvgIpc) is 2.86. The Morgan fingerprint density at radius 3 is 2.63 bits per heavy atom. The van der Waals surface area contributed by atoms with Gasteiger partial charge in [-0.15, -0.1) is 10.2 Å². The van der Waals surface area contributed by atoms with Crippen LogP contribution in [-0.4, -0.2) is 30.3 Å². The Labute approximate surface area is 109 Å². The number of methoxy groups -OCH3 is 2. The van der Waals surface area contributed by atoms with Gasteiger partial charge in [-0.25, -0.2) is 0 Å². The molecule has 1 amide bonds. The highest BCUT2D eigenvalue weighted by atomic mass is 16.5. The van der Waals surface area contributed by atoms with Crippen molar-refractivity contribution in [2.45, 2.75) is 6.92 Å². The predicted molar refractivity (Wildman–Crippen MR) is 66.5 cm³/mol. The molecule has 0 spiro atoms. The van der Waals surface area contributed by atoms with Crippen LogP contribution in [0.2, 0.25) is 0 Å². The van der Waals surface area contributed by atoms with E-state index in [1.54, 1.807) is 32.2 Å². The van der Waals surface area contributed by atoms with E-state index in [1.807, 2.05) is 0 Å². The molecular formula is C12H13N3O4. The monoisotopic (exact) mass is 263 g/mol. The van der Waals surface area contributed by atoms with E-state index in [1.165, 1.54) is 7.11 Å². The van der Waals surface area contributed by atoms with Crippen LogP contribution in [0.15, 0.2) is 22.6 Å². The van der Waals surface area contributed by atoms with Crippen LogP contribution >= 0.6 is 0 Å². The van der Waals surface area contributed by atoms with Crippen molar-refractivity contribution in [2.75, 3.05) is 19.5 Å². The van der Waals surface area contributed by atoms with Crippen LogP contribution in [0.5, 0.6) is 11.5 Å². The quantitative estimate of drug-likeness (QED) is 0.902. The van der Waals surface area contributed by atoms with Gasteiger partial charge in [0.25, 0.3) is 0 Å². The minimum atomic E-state index is -0.496. The largest absolute Gasteiger partial charge is 0.497 e. The number of ether oxygens (including phenoxy) is 2. The molecule has 19 heavy (non-hydrogen) atoms. The number of amides is 1. The molecule has 2 aromatic rings. The van der Waals surface area contributed by atoms with E-state index in [0.29, 0.717) is 23.1 Å². The molecular weight excluding hydrogens is 250 g/mol. The van der Waals surface area contributed by atoms with E-state index < -0.39 is 5.91 Å². The Morgan fingerprint density at radius 2 is 2.05 bits per heavy atom. The summed E-state index contributed by atoms with van der Waals surface area (Å²) in [6.45, 7) is 1.61. The van der Waals surface area contributed by atoms with Crippen molar-refractivity contribution in [1.29, 1.82) is 0 Å². The third-order valence-corrected chi connectivity index (χ3v) is 2.38. The highest BCUT2D eigenvalue weighted by Gasteiger charge is 2.15. The highest BCUT2D eigenvalue weighted by molar-refractivity contribution is 6.01. The van der Waals surface area contributed by atoms with Gasteiger partial charge in [-0.1, -0.05) is 0 Å². The van der Waals surface area contributed by atoms with Crippen LogP contribution in [0.3, 0.4) is 0 Å². The zero-order chi connectivity index (χ0) is 13.8. The molecule has 0 aliphatic carbocycles. The fourth-order valence-electron chi connectivity index (χ4n) is 1.47. The molecule has 0 saturated heterocycles. The number of carbonyl (C=O) groups excluding carboxylic acids is 1. The van der Waals surface area contributed by atoms with Crippen LogP contribution in [0.1, 0.15) is 16.6 Å². The van der Waals surface area contributed by atoms with Crippen molar-refractivity contribution < 1.29 is 18.7 Å². The van der Waals surface area contributed by atoms with E-state index in [2.05, 4.69) is 15.5 Å². The number of carbonyl (C=O) groups is 1. The van der Waals surface area contributed by atoms with Crippen LogP contribution in [-0.2, 0) is 0 Å². The molecule has 100 valence electrons. The van der Waals surface area contributed by atoms with Gasteiger partial charge in [0.2, 0.25) is 5.89 Å². The summed E-state index contributed by atoms with van der Waals surface area (Å²) in [4.78, 5) is 11.9. The Bertz CT molecular complexity index is 594. The fourth-order valence-corrected chi connectivity index (χ4v) is 1.47. The van der Waals surface area contributed by atoms with Gasteiger partial charge in [-0.05, 0) is 12.1 Å². The van der Waals surface area contributed by atoms with Crippen molar-refractivity contribution in [3.8, 4) is 11.5 Å². The van der Waals surface area contributed by atoms with Gasteiger partial charge in [0.15, 0.2) is 0 Å². The lowest BCUT2D eigenvalue weighted by Crippen LogP contribution is -2.13. The number of anilines is 1. The van der Waals surface area contributed by atoms with Crippen molar-refractivity contribution in [3.63, 3.8) is 0 Å². The van der Waals surface area contributed by atoms with E-state index in [9.17, 15) is 4.79 Å². The predicted octanol–water partition coefficient (Wildman–Crippen LogP) is 1.65. The molecule has 0 radical (unpaired) electrons. The maximum absolute atomic E-state index is 11.9. The van der Waals surface area contributed by atoms with E-state index >= 15 is 0 Å². The van der Waals surface area contributed by atoms with E-state index in [4.69, 9.17) is 13.9 Å². The first kappa shape index (κ1) is 12.9. The molecule has 0 aliphatic rings. The number of benzene rings is 1. The van der Waals surface area contributed by atoms with Gasteiger partial charge < -0.3 is 19.2 Å². The Morgan fingerprint density at radius 1 is 1.26 bits per heavy atom. The molecule has 1 N–H and O–H groups in total. The zero-order valence-corrected chi connectivity index (χ0v) is 10.8. The lowest BCUT2D eigenvalue weighted by Gasteiger charge is -2.10. The van der Waals surface area contributed by atoms with Crippen LogP contribution in [0, 0.1) is 6.92 Å². The summed E-state index contributed by atoms with van der Waals surface area (Å²) >= 11 is 0. The van der Waals surface area contributed by atoms with Gasteiger partial charge in [-0.2, -0.15) is 0 Å². The Kier molecular flexibility index (Phi) is 3.65. The molecule has 0 fully saturated rings. The number of rotatable bonds is 4. The first-order valence-corrected chi connectivity index (χ1v) is 5.47. The van der Waals surface area contributed by atoms with Gasteiger partial charge in [0, 0.05) is 13.0 Å². The second-order valence-electron chi connectivity index (χ2n) is 3.65. The zero-order valence-electron chi connectivity index (χ0n) is 10.8. The summed E-state index contributed by atoms with van der Waals surface area (Å²) in [6.07, 6.45) is 0. The maximum atomic E-state index is 11.9. The smallest absolute Gasteiger partial charge is 0.313 e. The minimum Gasteiger partial charge on any atom is -0.497 e. The number of hydrogen-bond donors (Lipinski definition) is 1. The summed E-state index contributed by atoms with van der Waals surface area (Å²) < 4.78 is 15.3. The fraction of sp³-hybridized carbons (Fsp3) is 0.250. The third kappa shape index (κ3) is 2.82. The average molecular weight is 263 g/mol. The van der Waals surface area contributed by atoms with E-state index in [-0.39, 0.29) is 5.89 Å². The number of nitrogens with one attached hydrogen (secondary N) is 1.